The lowest BCUT2D eigenvalue weighted by molar-refractivity contribution is 0.0985. The van der Waals surface area contributed by atoms with Gasteiger partial charge < -0.3 is 0 Å². The highest BCUT2D eigenvalue weighted by molar-refractivity contribution is 7.08. The highest BCUT2D eigenvalue weighted by Gasteiger charge is 2.14. The number of hydrogen-bond donors (Lipinski definition) is 0. The van der Waals surface area contributed by atoms with E-state index in [4.69, 9.17) is 0 Å². The van der Waals surface area contributed by atoms with Gasteiger partial charge in [0.25, 0.3) is 0 Å². The van der Waals surface area contributed by atoms with Crippen molar-refractivity contribution in [2.24, 2.45) is 0 Å². The van der Waals surface area contributed by atoms with Gasteiger partial charge in [-0.1, -0.05) is 17.0 Å². The largest absolute Gasteiger partial charge is 0.293 e. The number of ketones is 1. The molecule has 1 aromatic rings. The molecule has 1 heterocycles. The third-order valence-corrected chi connectivity index (χ3v) is 2.73. The van der Waals surface area contributed by atoms with Crippen LogP contribution in [0, 0.1) is 0 Å². The highest BCUT2D eigenvalue weighted by atomic mass is 32.1. The van der Waals surface area contributed by atoms with Crippen LogP contribution in [0.5, 0.6) is 0 Å². The van der Waals surface area contributed by atoms with Crippen LogP contribution in [-0.2, 0) is 6.42 Å². The van der Waals surface area contributed by atoms with E-state index in [-0.39, 0.29) is 5.78 Å². The summed E-state index contributed by atoms with van der Waals surface area (Å²) in [5.41, 5.74) is 1.86. The first kappa shape index (κ1) is 11.0. The summed E-state index contributed by atoms with van der Waals surface area (Å²) in [5.74, 6) is 0.139. The van der Waals surface area contributed by atoms with Crippen LogP contribution in [-0.4, -0.2) is 15.4 Å². The van der Waals surface area contributed by atoms with Crippen molar-refractivity contribution in [3.63, 3.8) is 0 Å². The molecule has 0 radical (unpaired) electrons. The smallest absolute Gasteiger partial charge is 0.176 e. The Hall–Kier alpha value is -1.03. The van der Waals surface area contributed by atoms with E-state index in [0.717, 1.165) is 24.1 Å². The van der Waals surface area contributed by atoms with Crippen LogP contribution in [0.1, 0.15) is 42.1 Å². The van der Waals surface area contributed by atoms with Gasteiger partial charge in [0.2, 0.25) is 0 Å². The average molecular weight is 210 g/mol. The lowest BCUT2D eigenvalue weighted by Crippen LogP contribution is -2.00. The second-order valence-corrected chi connectivity index (χ2v) is 4.04. The molecule has 14 heavy (non-hydrogen) atoms. The normalized spacial score (nSPS) is 10.1. The molecule has 0 amide bonds. The monoisotopic (exact) mass is 210 g/mol. The number of carbonyl (C=O) groups excluding carboxylic acids is 1. The molecule has 1 rings (SSSR count). The van der Waals surface area contributed by atoms with E-state index >= 15 is 0 Å². The Labute approximate surface area is 88.0 Å². The number of carbonyl (C=O) groups is 1. The quantitative estimate of drug-likeness (QED) is 0.554. The first-order valence-corrected chi connectivity index (χ1v) is 5.41. The van der Waals surface area contributed by atoms with Crippen molar-refractivity contribution in [2.75, 3.05) is 0 Å². The molecule has 0 fully saturated rings. The van der Waals surface area contributed by atoms with Crippen molar-refractivity contribution in [1.29, 1.82) is 0 Å². The predicted molar refractivity (Wildman–Crippen MR) is 57.7 cm³/mol. The van der Waals surface area contributed by atoms with Crippen molar-refractivity contribution < 1.29 is 4.79 Å². The van der Waals surface area contributed by atoms with Gasteiger partial charge in [-0.05, 0) is 31.3 Å². The number of hydrogen-bond acceptors (Lipinski definition) is 4. The van der Waals surface area contributed by atoms with Gasteiger partial charge in [0, 0.05) is 6.42 Å². The average Bonchev–Trinajstić information content (AvgIpc) is 2.61. The maximum Gasteiger partial charge on any atom is 0.176 e. The minimum absolute atomic E-state index is 0.139. The molecule has 0 aliphatic carbocycles. The van der Waals surface area contributed by atoms with E-state index in [1.165, 1.54) is 11.5 Å². The van der Waals surface area contributed by atoms with Crippen LogP contribution in [0.3, 0.4) is 0 Å². The van der Waals surface area contributed by atoms with E-state index < -0.39 is 0 Å². The van der Waals surface area contributed by atoms with Gasteiger partial charge in [-0.2, -0.15) is 0 Å². The molecule has 0 aromatic carbocycles. The van der Waals surface area contributed by atoms with Crippen molar-refractivity contribution in [1.82, 2.24) is 9.59 Å². The van der Waals surface area contributed by atoms with E-state index in [1.54, 1.807) is 0 Å². The van der Waals surface area contributed by atoms with Gasteiger partial charge >= 0.3 is 0 Å². The van der Waals surface area contributed by atoms with Gasteiger partial charge in [0.15, 0.2) is 5.78 Å². The molecule has 0 atom stereocenters. The fourth-order valence-electron chi connectivity index (χ4n) is 1.09. The summed E-state index contributed by atoms with van der Waals surface area (Å²) < 4.78 is 3.79. The third-order valence-electron chi connectivity index (χ3n) is 1.92. The Kier molecular flexibility index (Phi) is 3.95. The molecule has 3 nitrogen and oxygen atoms in total. The molecule has 1 aromatic heterocycles. The first-order valence-electron chi connectivity index (χ1n) is 4.64. The number of rotatable bonds is 5. The second kappa shape index (κ2) is 5.00. The summed E-state index contributed by atoms with van der Waals surface area (Å²) in [5, 5.41) is 3.91. The molecule has 0 spiro atoms. The minimum Gasteiger partial charge on any atom is -0.293 e. The maximum atomic E-state index is 11.7. The minimum atomic E-state index is 0.139. The Morgan fingerprint density at radius 1 is 1.50 bits per heavy atom. The first-order chi connectivity index (χ1) is 6.65. The summed E-state index contributed by atoms with van der Waals surface area (Å²) in [4.78, 5) is 12.4. The standard InChI is InChI=1S/C10H14N2OS/c1-4-8-10(14-12-11-8)9(13)6-5-7(2)3/h2,4-6H2,1,3H3. The maximum absolute atomic E-state index is 11.7. The number of aromatic nitrogens is 2. The Morgan fingerprint density at radius 3 is 2.79 bits per heavy atom. The van der Waals surface area contributed by atoms with Crippen molar-refractivity contribution in [3.8, 4) is 0 Å². The molecule has 0 aliphatic rings. The van der Waals surface area contributed by atoms with E-state index in [2.05, 4.69) is 16.2 Å². The number of aryl methyl sites for hydroxylation is 1. The zero-order valence-electron chi connectivity index (χ0n) is 8.54. The molecule has 4 heteroatoms. The van der Waals surface area contributed by atoms with Gasteiger partial charge in [-0.15, -0.1) is 11.7 Å². The predicted octanol–water partition coefficient (Wildman–Crippen LogP) is 2.64. The summed E-state index contributed by atoms with van der Waals surface area (Å²) in [6.45, 7) is 7.68. The van der Waals surface area contributed by atoms with Gasteiger partial charge in [0.1, 0.15) is 4.88 Å². The molecule has 0 saturated carbocycles. The van der Waals surface area contributed by atoms with Crippen LogP contribution in [0.2, 0.25) is 0 Å². The molecule has 0 N–H and O–H groups in total. The summed E-state index contributed by atoms with van der Waals surface area (Å²) >= 11 is 1.19. The molecule has 0 saturated heterocycles. The zero-order chi connectivity index (χ0) is 10.6. The topological polar surface area (TPSA) is 42.9 Å². The third kappa shape index (κ3) is 2.73. The molecule has 76 valence electrons. The van der Waals surface area contributed by atoms with Crippen LogP contribution in [0.25, 0.3) is 0 Å². The van der Waals surface area contributed by atoms with E-state index in [1.807, 2.05) is 13.8 Å². The Balaban J connectivity index is 2.64. The van der Waals surface area contributed by atoms with Gasteiger partial charge in [-0.3, -0.25) is 4.79 Å². The summed E-state index contributed by atoms with van der Waals surface area (Å²) in [6.07, 6.45) is 2.04. The second-order valence-electron chi connectivity index (χ2n) is 3.28. The number of allylic oxidation sites excluding steroid dienone is 1. The van der Waals surface area contributed by atoms with Crippen molar-refractivity contribution in [2.45, 2.75) is 33.1 Å². The SMILES string of the molecule is C=C(C)CCC(=O)c1snnc1CC. The lowest BCUT2D eigenvalue weighted by atomic mass is 10.1. The van der Waals surface area contributed by atoms with Gasteiger partial charge in [-0.25, -0.2) is 0 Å². The fourth-order valence-corrected chi connectivity index (χ4v) is 1.81. The lowest BCUT2D eigenvalue weighted by Gasteiger charge is -1.98. The fraction of sp³-hybridized carbons (Fsp3) is 0.500. The summed E-state index contributed by atoms with van der Waals surface area (Å²) in [6, 6.07) is 0. The van der Waals surface area contributed by atoms with Crippen LogP contribution >= 0.6 is 11.5 Å². The van der Waals surface area contributed by atoms with Crippen molar-refractivity contribution in [3.05, 3.63) is 22.7 Å². The van der Waals surface area contributed by atoms with Crippen LogP contribution in [0.15, 0.2) is 12.2 Å². The highest BCUT2D eigenvalue weighted by Crippen LogP contribution is 2.15. The van der Waals surface area contributed by atoms with E-state index in [0.29, 0.717) is 11.3 Å². The van der Waals surface area contributed by atoms with Crippen LogP contribution in [0.4, 0.5) is 0 Å². The molecular formula is C10H14N2OS. The molecule has 0 bridgehead atoms. The van der Waals surface area contributed by atoms with Gasteiger partial charge in [0.05, 0.1) is 5.69 Å². The Bertz CT molecular complexity index is 344. The Morgan fingerprint density at radius 2 is 2.21 bits per heavy atom. The molecular weight excluding hydrogens is 196 g/mol. The van der Waals surface area contributed by atoms with Crippen molar-refractivity contribution >= 4 is 17.3 Å². The number of Topliss-reactive ketones (excluding diaryl/α,β-unsaturated/α-hetero) is 1. The molecule has 0 unspecified atom stereocenters. The van der Waals surface area contributed by atoms with E-state index in [9.17, 15) is 4.79 Å². The zero-order valence-corrected chi connectivity index (χ0v) is 9.36. The molecule has 0 aliphatic heterocycles. The summed E-state index contributed by atoms with van der Waals surface area (Å²) in [7, 11) is 0. The van der Waals surface area contributed by atoms with Crippen LogP contribution < -0.4 is 0 Å². The number of nitrogens with zero attached hydrogens (tertiary/aromatic N) is 2.